The zero-order valence-corrected chi connectivity index (χ0v) is 10.9. The molecule has 1 aliphatic rings. The quantitative estimate of drug-likeness (QED) is 0.827. The van der Waals surface area contributed by atoms with E-state index < -0.39 is 10.1 Å². The van der Waals surface area contributed by atoms with Crippen LogP contribution < -0.4 is 5.32 Å². The molecule has 0 bridgehead atoms. The first-order chi connectivity index (χ1) is 8.47. The minimum absolute atomic E-state index is 0.0120. The van der Waals surface area contributed by atoms with Crippen LogP contribution in [-0.2, 0) is 19.1 Å². The second-order valence-electron chi connectivity index (χ2n) is 4.35. The fraction of sp³-hybridized carbons (Fsp3) is 0.417. The predicted octanol–water partition coefficient (Wildman–Crippen LogP) is 0.979. The molecule has 1 N–H and O–H groups in total. The van der Waals surface area contributed by atoms with Crippen molar-refractivity contribution >= 4 is 16.0 Å². The molecule has 1 atom stereocenters. The summed E-state index contributed by atoms with van der Waals surface area (Å²) < 4.78 is 28.6. The molecule has 0 aromatic heterocycles. The Kier molecular flexibility index (Phi) is 3.68. The van der Waals surface area contributed by atoms with Gasteiger partial charge in [-0.2, -0.15) is 8.42 Å². The van der Waals surface area contributed by atoms with Gasteiger partial charge in [0.2, 0.25) is 5.91 Å². The molecule has 0 spiro atoms. The van der Waals surface area contributed by atoms with Crippen molar-refractivity contribution < 1.29 is 17.4 Å². The minimum atomic E-state index is -3.73. The molecular formula is C12H15NO4S. The number of carbonyl (C=O) groups excluding carboxylic acids is 1. The summed E-state index contributed by atoms with van der Waals surface area (Å²) in [4.78, 5) is 11.1. The highest BCUT2D eigenvalue weighted by atomic mass is 32.2. The lowest BCUT2D eigenvalue weighted by Crippen LogP contribution is -2.30. The highest BCUT2D eigenvalue weighted by Gasteiger charge is 2.24. The topological polar surface area (TPSA) is 72.5 Å². The third-order valence-electron chi connectivity index (χ3n) is 2.82. The SMILES string of the molecule is Cc1ccc(S(=O)(=O)OC[C@H]2CCC(=O)N2)cc1. The summed E-state index contributed by atoms with van der Waals surface area (Å²) in [6, 6.07) is 6.24. The van der Waals surface area contributed by atoms with Gasteiger partial charge in [0.05, 0.1) is 17.5 Å². The van der Waals surface area contributed by atoms with Crippen molar-refractivity contribution in [1.82, 2.24) is 5.32 Å². The van der Waals surface area contributed by atoms with Gasteiger partial charge in [0.25, 0.3) is 10.1 Å². The molecule has 1 saturated heterocycles. The summed E-state index contributed by atoms with van der Waals surface area (Å²) in [5.74, 6) is -0.0590. The van der Waals surface area contributed by atoms with Crippen molar-refractivity contribution in [2.24, 2.45) is 0 Å². The van der Waals surface area contributed by atoms with E-state index in [4.69, 9.17) is 4.18 Å². The molecule has 2 rings (SSSR count). The van der Waals surface area contributed by atoms with Crippen molar-refractivity contribution in [1.29, 1.82) is 0 Å². The molecule has 6 heteroatoms. The molecule has 5 nitrogen and oxygen atoms in total. The summed E-state index contributed by atoms with van der Waals surface area (Å²) in [6.45, 7) is 1.87. The molecule has 1 heterocycles. The van der Waals surface area contributed by atoms with Crippen LogP contribution in [0, 0.1) is 6.92 Å². The normalized spacial score (nSPS) is 19.8. The van der Waals surface area contributed by atoms with E-state index in [9.17, 15) is 13.2 Å². The van der Waals surface area contributed by atoms with E-state index in [2.05, 4.69) is 5.32 Å². The van der Waals surface area contributed by atoms with Crippen LogP contribution in [0.5, 0.6) is 0 Å². The maximum atomic E-state index is 11.8. The Morgan fingerprint density at radius 3 is 2.56 bits per heavy atom. The Bertz CT molecular complexity index is 536. The standard InChI is InChI=1S/C12H15NO4S/c1-9-2-5-11(6-3-9)18(15,16)17-8-10-4-7-12(14)13-10/h2-3,5-6,10H,4,7-8H2,1H3,(H,13,14)/t10-/m1/s1. The second-order valence-corrected chi connectivity index (χ2v) is 5.97. The maximum Gasteiger partial charge on any atom is 0.297 e. The largest absolute Gasteiger partial charge is 0.351 e. The monoisotopic (exact) mass is 269 g/mol. The number of rotatable bonds is 4. The fourth-order valence-electron chi connectivity index (χ4n) is 1.75. The van der Waals surface area contributed by atoms with Crippen LogP contribution in [0.4, 0.5) is 0 Å². The third kappa shape index (κ3) is 3.08. The van der Waals surface area contributed by atoms with Gasteiger partial charge in [-0.05, 0) is 25.5 Å². The maximum absolute atomic E-state index is 11.8. The van der Waals surface area contributed by atoms with Crippen molar-refractivity contribution in [2.45, 2.75) is 30.7 Å². The number of benzene rings is 1. The number of amides is 1. The van der Waals surface area contributed by atoms with Crippen molar-refractivity contribution in [3.8, 4) is 0 Å². The summed E-state index contributed by atoms with van der Waals surface area (Å²) in [7, 11) is -3.73. The first kappa shape index (κ1) is 13.0. The van der Waals surface area contributed by atoms with Crippen molar-refractivity contribution in [3.05, 3.63) is 29.8 Å². The minimum Gasteiger partial charge on any atom is -0.351 e. The van der Waals surface area contributed by atoms with Gasteiger partial charge in [0.1, 0.15) is 0 Å². The van der Waals surface area contributed by atoms with E-state index in [1.807, 2.05) is 6.92 Å². The van der Waals surface area contributed by atoms with E-state index in [1.165, 1.54) is 12.1 Å². The first-order valence-electron chi connectivity index (χ1n) is 5.73. The van der Waals surface area contributed by atoms with Crippen LogP contribution in [0.3, 0.4) is 0 Å². The van der Waals surface area contributed by atoms with E-state index in [0.717, 1.165) is 5.56 Å². The number of nitrogens with one attached hydrogen (secondary N) is 1. The van der Waals surface area contributed by atoms with Gasteiger partial charge in [-0.3, -0.25) is 8.98 Å². The van der Waals surface area contributed by atoms with Gasteiger partial charge < -0.3 is 5.32 Å². The van der Waals surface area contributed by atoms with E-state index >= 15 is 0 Å². The summed E-state index contributed by atoms with van der Waals surface area (Å²) >= 11 is 0. The van der Waals surface area contributed by atoms with Crippen LogP contribution in [0.15, 0.2) is 29.2 Å². The average Bonchev–Trinajstić information content (AvgIpc) is 2.73. The lowest BCUT2D eigenvalue weighted by molar-refractivity contribution is -0.119. The van der Waals surface area contributed by atoms with E-state index in [-0.39, 0.29) is 23.5 Å². The Hall–Kier alpha value is -1.40. The molecule has 1 aromatic rings. The molecule has 0 unspecified atom stereocenters. The molecule has 1 fully saturated rings. The third-order valence-corrected chi connectivity index (χ3v) is 4.11. The molecule has 1 aromatic carbocycles. The molecule has 0 saturated carbocycles. The molecule has 1 amide bonds. The fourth-order valence-corrected chi connectivity index (χ4v) is 2.70. The molecule has 1 aliphatic heterocycles. The Labute approximate surface area is 106 Å². The Morgan fingerprint density at radius 2 is 2.00 bits per heavy atom. The van der Waals surface area contributed by atoms with Gasteiger partial charge in [0.15, 0.2) is 0 Å². The lowest BCUT2D eigenvalue weighted by Gasteiger charge is -2.10. The average molecular weight is 269 g/mol. The van der Waals surface area contributed by atoms with Crippen LogP contribution in [0.2, 0.25) is 0 Å². The van der Waals surface area contributed by atoms with Gasteiger partial charge in [-0.15, -0.1) is 0 Å². The molecule has 0 radical (unpaired) electrons. The van der Waals surface area contributed by atoms with E-state index in [1.54, 1.807) is 12.1 Å². The lowest BCUT2D eigenvalue weighted by atomic mass is 10.2. The highest BCUT2D eigenvalue weighted by molar-refractivity contribution is 7.86. The van der Waals surface area contributed by atoms with Crippen molar-refractivity contribution in [2.75, 3.05) is 6.61 Å². The molecule has 98 valence electrons. The zero-order valence-electron chi connectivity index (χ0n) is 10.0. The van der Waals surface area contributed by atoms with Gasteiger partial charge in [-0.1, -0.05) is 17.7 Å². The smallest absolute Gasteiger partial charge is 0.297 e. The number of carbonyl (C=O) groups is 1. The van der Waals surface area contributed by atoms with Crippen LogP contribution in [0.25, 0.3) is 0 Å². The zero-order chi connectivity index (χ0) is 13.2. The highest BCUT2D eigenvalue weighted by Crippen LogP contribution is 2.15. The van der Waals surface area contributed by atoms with Crippen LogP contribution in [-0.4, -0.2) is 27.0 Å². The van der Waals surface area contributed by atoms with Gasteiger partial charge >= 0.3 is 0 Å². The summed E-state index contributed by atoms with van der Waals surface area (Å²) in [6.07, 6.45) is 1.04. The second kappa shape index (κ2) is 5.07. The van der Waals surface area contributed by atoms with Crippen LogP contribution in [0.1, 0.15) is 18.4 Å². The Balaban J connectivity index is 1.99. The Morgan fingerprint density at radius 1 is 1.33 bits per heavy atom. The number of hydrogen-bond donors (Lipinski definition) is 1. The van der Waals surface area contributed by atoms with E-state index in [0.29, 0.717) is 12.8 Å². The van der Waals surface area contributed by atoms with Crippen LogP contribution >= 0.6 is 0 Å². The number of aryl methyl sites for hydroxylation is 1. The van der Waals surface area contributed by atoms with Gasteiger partial charge in [-0.25, -0.2) is 0 Å². The summed E-state index contributed by atoms with van der Waals surface area (Å²) in [5.41, 5.74) is 0.983. The predicted molar refractivity (Wildman–Crippen MR) is 65.5 cm³/mol. The first-order valence-corrected chi connectivity index (χ1v) is 7.14. The van der Waals surface area contributed by atoms with Crippen molar-refractivity contribution in [3.63, 3.8) is 0 Å². The van der Waals surface area contributed by atoms with Gasteiger partial charge in [0, 0.05) is 6.42 Å². The molecular weight excluding hydrogens is 254 g/mol. The number of hydrogen-bond acceptors (Lipinski definition) is 4. The molecule has 0 aliphatic carbocycles. The summed E-state index contributed by atoms with van der Waals surface area (Å²) in [5, 5.41) is 2.66. The molecule has 18 heavy (non-hydrogen) atoms.